The average Bonchev–Trinajstić information content (AvgIpc) is 2.15. The first kappa shape index (κ1) is 10.6. The van der Waals surface area contributed by atoms with Gasteiger partial charge in [-0.3, -0.25) is 10.1 Å². The fourth-order valence-corrected chi connectivity index (χ4v) is 1.36. The number of para-hydroxylation sites is 1. The molecule has 0 unspecified atom stereocenters. The second-order valence-electron chi connectivity index (χ2n) is 3.11. The molecule has 0 aliphatic heterocycles. The van der Waals surface area contributed by atoms with Crippen LogP contribution in [0.2, 0.25) is 0 Å². The Bertz CT molecular complexity index is 352. The van der Waals surface area contributed by atoms with Crippen molar-refractivity contribution in [1.82, 2.24) is 0 Å². The van der Waals surface area contributed by atoms with Crippen molar-refractivity contribution in [2.24, 2.45) is 11.5 Å². The van der Waals surface area contributed by atoms with Crippen molar-refractivity contribution in [2.45, 2.75) is 13.0 Å². The van der Waals surface area contributed by atoms with Gasteiger partial charge in [-0.2, -0.15) is 0 Å². The van der Waals surface area contributed by atoms with Crippen LogP contribution in [0.3, 0.4) is 0 Å². The van der Waals surface area contributed by atoms with Crippen LogP contribution in [0.15, 0.2) is 18.2 Å². The van der Waals surface area contributed by atoms with E-state index in [1.54, 1.807) is 25.1 Å². The van der Waals surface area contributed by atoms with Crippen molar-refractivity contribution >= 4 is 5.69 Å². The minimum absolute atomic E-state index is 0.0745. The number of nitro benzene ring substituents is 1. The zero-order valence-electron chi connectivity index (χ0n) is 7.93. The van der Waals surface area contributed by atoms with E-state index >= 15 is 0 Å². The van der Waals surface area contributed by atoms with Crippen molar-refractivity contribution in [3.63, 3.8) is 0 Å². The number of nitro groups is 1. The molecule has 1 atom stereocenters. The first-order valence-corrected chi connectivity index (χ1v) is 4.27. The average molecular weight is 195 g/mol. The minimum Gasteiger partial charge on any atom is -0.329 e. The van der Waals surface area contributed by atoms with Crippen LogP contribution < -0.4 is 11.5 Å². The summed E-state index contributed by atoms with van der Waals surface area (Å²) in [6.07, 6.45) is 0. The third-order valence-corrected chi connectivity index (χ3v) is 2.10. The lowest BCUT2D eigenvalue weighted by molar-refractivity contribution is -0.386. The van der Waals surface area contributed by atoms with Gasteiger partial charge in [0.25, 0.3) is 5.69 Å². The van der Waals surface area contributed by atoms with E-state index in [2.05, 4.69) is 0 Å². The van der Waals surface area contributed by atoms with Crippen LogP contribution in [0.5, 0.6) is 0 Å². The Labute approximate surface area is 81.9 Å². The van der Waals surface area contributed by atoms with Crippen LogP contribution in [0, 0.1) is 17.0 Å². The highest BCUT2D eigenvalue weighted by Gasteiger charge is 2.20. The van der Waals surface area contributed by atoms with E-state index in [4.69, 9.17) is 11.5 Å². The summed E-state index contributed by atoms with van der Waals surface area (Å²) in [4.78, 5) is 10.4. The summed E-state index contributed by atoms with van der Waals surface area (Å²) in [5.74, 6) is 0. The Morgan fingerprint density at radius 1 is 1.57 bits per heavy atom. The number of hydrogen-bond donors (Lipinski definition) is 2. The van der Waals surface area contributed by atoms with Crippen LogP contribution in [0.4, 0.5) is 5.69 Å². The van der Waals surface area contributed by atoms with Gasteiger partial charge in [-0.15, -0.1) is 0 Å². The molecule has 0 amide bonds. The summed E-state index contributed by atoms with van der Waals surface area (Å²) >= 11 is 0. The van der Waals surface area contributed by atoms with E-state index in [9.17, 15) is 10.1 Å². The summed E-state index contributed by atoms with van der Waals surface area (Å²) in [6, 6.07) is 4.59. The molecular weight excluding hydrogens is 182 g/mol. The fraction of sp³-hybridized carbons (Fsp3) is 0.333. The van der Waals surface area contributed by atoms with Gasteiger partial charge in [-0.25, -0.2) is 0 Å². The van der Waals surface area contributed by atoms with Crippen molar-refractivity contribution < 1.29 is 4.92 Å². The maximum atomic E-state index is 10.8. The zero-order valence-corrected chi connectivity index (χ0v) is 7.93. The summed E-state index contributed by atoms with van der Waals surface area (Å²) < 4.78 is 0. The van der Waals surface area contributed by atoms with Crippen molar-refractivity contribution in [1.29, 1.82) is 0 Å². The Morgan fingerprint density at radius 2 is 2.21 bits per heavy atom. The van der Waals surface area contributed by atoms with Crippen LogP contribution in [-0.2, 0) is 0 Å². The maximum absolute atomic E-state index is 10.8. The normalized spacial score (nSPS) is 12.5. The lowest BCUT2D eigenvalue weighted by Gasteiger charge is -2.10. The standard InChI is InChI=1S/C9H13N3O2/c1-6-3-2-4-7(8(11)5-10)9(6)12(13)14/h2-4,8H,5,10-11H2,1H3/t8-/m1/s1. The van der Waals surface area contributed by atoms with Crippen molar-refractivity contribution in [2.75, 3.05) is 6.54 Å². The molecule has 5 heteroatoms. The highest BCUT2D eigenvalue weighted by atomic mass is 16.6. The molecule has 0 saturated carbocycles. The van der Waals surface area contributed by atoms with E-state index in [-0.39, 0.29) is 12.2 Å². The fourth-order valence-electron chi connectivity index (χ4n) is 1.36. The van der Waals surface area contributed by atoms with Gasteiger partial charge >= 0.3 is 0 Å². The number of nitrogens with two attached hydrogens (primary N) is 2. The van der Waals surface area contributed by atoms with Gasteiger partial charge in [-0.05, 0) is 6.92 Å². The van der Waals surface area contributed by atoms with Gasteiger partial charge in [0.1, 0.15) is 0 Å². The van der Waals surface area contributed by atoms with Gasteiger partial charge in [0.15, 0.2) is 0 Å². The molecule has 1 rings (SSSR count). The molecule has 0 heterocycles. The van der Waals surface area contributed by atoms with Gasteiger partial charge in [0.05, 0.1) is 4.92 Å². The molecule has 0 radical (unpaired) electrons. The smallest absolute Gasteiger partial charge is 0.277 e. The molecule has 0 spiro atoms. The van der Waals surface area contributed by atoms with E-state index in [1.807, 2.05) is 0 Å². The molecule has 4 N–H and O–H groups in total. The van der Waals surface area contributed by atoms with Gasteiger partial charge in [-0.1, -0.05) is 18.2 Å². The molecule has 1 aromatic carbocycles. The lowest BCUT2D eigenvalue weighted by Crippen LogP contribution is -2.22. The second-order valence-corrected chi connectivity index (χ2v) is 3.11. The molecule has 0 fully saturated rings. The largest absolute Gasteiger partial charge is 0.329 e. The molecule has 0 aliphatic rings. The van der Waals surface area contributed by atoms with Gasteiger partial charge < -0.3 is 11.5 Å². The summed E-state index contributed by atoms with van der Waals surface area (Å²) in [6.45, 7) is 1.88. The van der Waals surface area contributed by atoms with Gasteiger partial charge in [0, 0.05) is 23.7 Å². The predicted molar refractivity (Wildman–Crippen MR) is 53.8 cm³/mol. The van der Waals surface area contributed by atoms with Gasteiger partial charge in [0.2, 0.25) is 0 Å². The van der Waals surface area contributed by atoms with E-state index < -0.39 is 11.0 Å². The number of benzene rings is 1. The zero-order chi connectivity index (χ0) is 10.7. The number of nitrogens with zero attached hydrogens (tertiary/aromatic N) is 1. The topological polar surface area (TPSA) is 95.2 Å². The minimum atomic E-state index is -0.477. The van der Waals surface area contributed by atoms with Crippen molar-refractivity contribution in [3.8, 4) is 0 Å². The summed E-state index contributed by atoms with van der Waals surface area (Å²) in [5, 5.41) is 10.8. The second kappa shape index (κ2) is 4.17. The molecular formula is C9H13N3O2. The monoisotopic (exact) mass is 195 g/mol. The van der Waals surface area contributed by atoms with E-state index in [0.29, 0.717) is 11.1 Å². The first-order chi connectivity index (χ1) is 6.57. The molecule has 14 heavy (non-hydrogen) atoms. The Morgan fingerprint density at radius 3 is 2.71 bits per heavy atom. The SMILES string of the molecule is Cc1cccc([C@H](N)CN)c1[N+](=O)[O-]. The highest BCUT2D eigenvalue weighted by Crippen LogP contribution is 2.26. The Kier molecular flexibility index (Phi) is 3.16. The molecule has 1 aromatic rings. The third-order valence-electron chi connectivity index (χ3n) is 2.10. The summed E-state index contributed by atoms with van der Waals surface area (Å²) in [5.41, 5.74) is 12.2. The molecule has 0 aromatic heterocycles. The van der Waals surface area contributed by atoms with E-state index in [0.717, 1.165) is 0 Å². The van der Waals surface area contributed by atoms with Crippen LogP contribution in [-0.4, -0.2) is 11.5 Å². The van der Waals surface area contributed by atoms with Crippen LogP contribution in [0.25, 0.3) is 0 Å². The summed E-state index contributed by atoms with van der Waals surface area (Å²) in [7, 11) is 0. The van der Waals surface area contributed by atoms with Crippen molar-refractivity contribution in [3.05, 3.63) is 39.4 Å². The van der Waals surface area contributed by atoms with E-state index in [1.165, 1.54) is 0 Å². The van der Waals surface area contributed by atoms with Crippen LogP contribution >= 0.6 is 0 Å². The molecule has 0 aliphatic carbocycles. The third kappa shape index (κ3) is 1.89. The molecule has 76 valence electrons. The van der Waals surface area contributed by atoms with Crippen LogP contribution in [0.1, 0.15) is 17.2 Å². The Hall–Kier alpha value is -1.46. The molecule has 5 nitrogen and oxygen atoms in total. The Balaban J connectivity index is 3.28. The number of aryl methyl sites for hydroxylation is 1. The molecule has 0 saturated heterocycles. The maximum Gasteiger partial charge on any atom is 0.277 e. The lowest BCUT2D eigenvalue weighted by atomic mass is 10.0. The molecule has 0 bridgehead atoms. The quantitative estimate of drug-likeness (QED) is 0.552. The number of rotatable bonds is 3. The highest BCUT2D eigenvalue weighted by molar-refractivity contribution is 5.48. The predicted octanol–water partition coefficient (Wildman–Crippen LogP) is 0.862. The first-order valence-electron chi connectivity index (χ1n) is 4.27. The number of hydrogen-bond acceptors (Lipinski definition) is 4.